The first-order valence-electron chi connectivity index (χ1n) is 8.64. The minimum atomic E-state index is -0.805. The summed E-state index contributed by atoms with van der Waals surface area (Å²) in [5.74, 6) is -1.22. The smallest absolute Gasteiger partial charge is 0.317 e. The van der Waals surface area contributed by atoms with Crippen molar-refractivity contribution in [3.63, 3.8) is 0 Å². The molecule has 2 N–H and O–H groups in total. The molecule has 0 saturated carbocycles. The van der Waals surface area contributed by atoms with Crippen LogP contribution in [0.3, 0.4) is 0 Å². The number of carboxylic acid groups (broad SMARTS) is 1. The van der Waals surface area contributed by atoms with E-state index >= 15 is 0 Å². The number of benzene rings is 1. The molecule has 1 aliphatic heterocycles. The van der Waals surface area contributed by atoms with Crippen molar-refractivity contribution in [1.29, 1.82) is 0 Å². The second-order valence-electron chi connectivity index (χ2n) is 6.54. The van der Waals surface area contributed by atoms with Crippen LogP contribution in [0.4, 0.5) is 10.1 Å². The van der Waals surface area contributed by atoms with Crippen LogP contribution in [0.2, 0.25) is 0 Å². The first-order chi connectivity index (χ1) is 11.9. The Morgan fingerprint density at radius 1 is 1.27 bits per heavy atom. The minimum Gasteiger partial charge on any atom is -0.480 e. The number of carbonyl (C=O) groups is 2. The summed E-state index contributed by atoms with van der Waals surface area (Å²) in [6.45, 7) is 2.51. The molecule has 26 heavy (non-hydrogen) atoms. The lowest BCUT2D eigenvalue weighted by Gasteiger charge is -2.25. The fourth-order valence-corrected chi connectivity index (χ4v) is 3.16. The number of hydrogen-bond acceptors (Lipinski definition) is 4. The zero-order valence-electron chi connectivity index (χ0n) is 15.0. The molecule has 0 aromatic heterocycles. The van der Waals surface area contributed by atoms with Crippen molar-refractivity contribution < 1.29 is 19.1 Å². The first-order valence-corrected chi connectivity index (χ1v) is 8.64. The van der Waals surface area contributed by atoms with Gasteiger partial charge in [0.15, 0.2) is 0 Å². The van der Waals surface area contributed by atoms with Crippen molar-refractivity contribution in [2.24, 2.45) is 0 Å². The van der Waals surface area contributed by atoms with E-state index in [1.807, 2.05) is 11.9 Å². The van der Waals surface area contributed by atoms with Gasteiger partial charge in [-0.05, 0) is 63.7 Å². The van der Waals surface area contributed by atoms with Crippen LogP contribution in [0.25, 0.3) is 0 Å². The van der Waals surface area contributed by atoms with Gasteiger partial charge < -0.3 is 15.3 Å². The van der Waals surface area contributed by atoms with Crippen molar-refractivity contribution in [2.45, 2.75) is 31.7 Å². The minimum absolute atomic E-state index is 0. The second kappa shape index (κ2) is 11.1. The number of carboxylic acids is 1. The number of likely N-dealkylation sites (N-methyl/N-ethyl adjacent to an activating group) is 1. The zero-order chi connectivity index (χ0) is 18.2. The van der Waals surface area contributed by atoms with E-state index in [4.69, 9.17) is 5.11 Å². The normalized spacial score (nSPS) is 18.0. The van der Waals surface area contributed by atoms with E-state index in [9.17, 15) is 14.0 Å². The molecule has 1 amide bonds. The number of nitrogens with zero attached hydrogens (tertiary/aromatic N) is 2. The Labute approximate surface area is 159 Å². The molecule has 1 atom stereocenters. The van der Waals surface area contributed by atoms with Crippen molar-refractivity contribution in [1.82, 2.24) is 9.80 Å². The summed E-state index contributed by atoms with van der Waals surface area (Å²) in [4.78, 5) is 27.0. The second-order valence-corrected chi connectivity index (χ2v) is 6.54. The highest BCUT2D eigenvalue weighted by Crippen LogP contribution is 2.16. The Morgan fingerprint density at radius 2 is 1.96 bits per heavy atom. The molecular weight excluding hydrogens is 361 g/mol. The Hall–Kier alpha value is -1.70. The maximum atomic E-state index is 12.9. The maximum absolute atomic E-state index is 12.9. The van der Waals surface area contributed by atoms with Crippen molar-refractivity contribution >= 4 is 30.0 Å². The molecule has 6 nitrogen and oxygen atoms in total. The van der Waals surface area contributed by atoms with Crippen LogP contribution in [0.15, 0.2) is 24.3 Å². The first kappa shape index (κ1) is 22.3. The number of aliphatic carboxylic acids is 1. The molecule has 0 bridgehead atoms. The summed E-state index contributed by atoms with van der Waals surface area (Å²) in [7, 11) is 1.85. The molecular formula is C18H27ClFN3O3. The van der Waals surface area contributed by atoms with E-state index in [1.165, 1.54) is 12.1 Å². The Morgan fingerprint density at radius 3 is 2.62 bits per heavy atom. The highest BCUT2D eigenvalue weighted by molar-refractivity contribution is 5.90. The van der Waals surface area contributed by atoms with Gasteiger partial charge >= 0.3 is 5.97 Å². The summed E-state index contributed by atoms with van der Waals surface area (Å²) >= 11 is 0. The lowest BCUT2D eigenvalue weighted by molar-refractivity contribution is -0.138. The summed E-state index contributed by atoms with van der Waals surface area (Å²) in [6, 6.07) is 6.00. The Kier molecular flexibility index (Phi) is 9.54. The van der Waals surface area contributed by atoms with E-state index in [-0.39, 0.29) is 36.7 Å². The average Bonchev–Trinajstić information content (AvgIpc) is 2.80. The third-order valence-electron chi connectivity index (χ3n) is 4.58. The number of likely N-dealkylation sites (tertiary alicyclic amines) is 1. The van der Waals surface area contributed by atoms with Gasteiger partial charge in [0.2, 0.25) is 5.91 Å². The SMILES string of the molecule is CN(CC(=O)O)C1CCCN(CCC(=O)Nc2ccc(F)cc2)CC1.Cl. The van der Waals surface area contributed by atoms with Gasteiger partial charge in [-0.25, -0.2) is 4.39 Å². The van der Waals surface area contributed by atoms with Crippen LogP contribution in [-0.4, -0.2) is 66.1 Å². The third kappa shape index (κ3) is 7.68. The Balaban J connectivity index is 0.00000338. The van der Waals surface area contributed by atoms with Crippen molar-refractivity contribution in [2.75, 3.05) is 38.5 Å². The summed E-state index contributed by atoms with van der Waals surface area (Å²) < 4.78 is 12.9. The molecule has 1 aromatic carbocycles. The lowest BCUT2D eigenvalue weighted by Crippen LogP contribution is -2.36. The van der Waals surface area contributed by atoms with Gasteiger partial charge in [-0.15, -0.1) is 12.4 Å². The maximum Gasteiger partial charge on any atom is 0.317 e. The molecule has 146 valence electrons. The molecule has 0 aliphatic carbocycles. The van der Waals surface area contributed by atoms with Gasteiger partial charge in [-0.2, -0.15) is 0 Å². The van der Waals surface area contributed by atoms with E-state index in [2.05, 4.69) is 10.2 Å². The fourth-order valence-electron chi connectivity index (χ4n) is 3.16. The van der Waals surface area contributed by atoms with Crippen LogP contribution in [0, 0.1) is 5.82 Å². The topological polar surface area (TPSA) is 72.9 Å². The van der Waals surface area contributed by atoms with Crippen LogP contribution in [0.5, 0.6) is 0 Å². The summed E-state index contributed by atoms with van der Waals surface area (Å²) in [6.07, 6.45) is 3.26. The number of rotatable bonds is 7. The molecule has 1 unspecified atom stereocenters. The lowest BCUT2D eigenvalue weighted by atomic mass is 10.1. The number of anilines is 1. The zero-order valence-corrected chi connectivity index (χ0v) is 15.8. The molecule has 1 heterocycles. The van der Waals surface area contributed by atoms with Crippen LogP contribution in [0.1, 0.15) is 25.7 Å². The molecule has 1 fully saturated rings. The van der Waals surface area contributed by atoms with E-state index in [1.54, 1.807) is 12.1 Å². The van der Waals surface area contributed by atoms with Gasteiger partial charge in [0.05, 0.1) is 6.54 Å². The van der Waals surface area contributed by atoms with Gasteiger partial charge in [-0.3, -0.25) is 14.5 Å². The van der Waals surface area contributed by atoms with E-state index < -0.39 is 5.97 Å². The van der Waals surface area contributed by atoms with Crippen LogP contribution >= 0.6 is 12.4 Å². The molecule has 0 spiro atoms. The number of carbonyl (C=O) groups excluding carboxylic acids is 1. The number of hydrogen-bond donors (Lipinski definition) is 2. The predicted octanol–water partition coefficient (Wildman–Crippen LogP) is 2.45. The largest absolute Gasteiger partial charge is 0.480 e. The van der Waals surface area contributed by atoms with Gasteiger partial charge in [-0.1, -0.05) is 0 Å². The van der Waals surface area contributed by atoms with Gasteiger partial charge in [0.1, 0.15) is 5.82 Å². The number of nitrogens with one attached hydrogen (secondary N) is 1. The van der Waals surface area contributed by atoms with E-state index in [0.29, 0.717) is 18.7 Å². The quantitative estimate of drug-likeness (QED) is 0.751. The van der Waals surface area contributed by atoms with Crippen LogP contribution < -0.4 is 5.32 Å². The molecule has 8 heteroatoms. The summed E-state index contributed by atoms with van der Waals surface area (Å²) in [5.41, 5.74) is 0.595. The molecule has 1 saturated heterocycles. The highest BCUT2D eigenvalue weighted by Gasteiger charge is 2.21. The Bertz CT molecular complexity index is 586. The summed E-state index contributed by atoms with van der Waals surface area (Å²) in [5, 5.41) is 11.7. The standard InChI is InChI=1S/C18H26FN3O3.ClH/c1-21(13-18(24)25)16-3-2-10-22(11-8-16)12-9-17(23)20-15-6-4-14(19)5-7-15;/h4-7,16H,2-3,8-13H2,1H3,(H,20,23)(H,24,25);1H. The number of amides is 1. The fraction of sp³-hybridized carbons (Fsp3) is 0.556. The van der Waals surface area contributed by atoms with Gasteiger partial charge in [0, 0.05) is 24.7 Å². The molecule has 1 aliphatic rings. The average molecular weight is 388 g/mol. The van der Waals surface area contributed by atoms with Gasteiger partial charge in [0.25, 0.3) is 0 Å². The highest BCUT2D eigenvalue weighted by atomic mass is 35.5. The predicted molar refractivity (Wildman–Crippen MR) is 101 cm³/mol. The molecule has 0 radical (unpaired) electrons. The van der Waals surface area contributed by atoms with Crippen molar-refractivity contribution in [3.8, 4) is 0 Å². The van der Waals surface area contributed by atoms with Crippen LogP contribution in [-0.2, 0) is 9.59 Å². The monoisotopic (exact) mass is 387 g/mol. The van der Waals surface area contributed by atoms with Crippen molar-refractivity contribution in [3.05, 3.63) is 30.1 Å². The molecule has 1 aromatic rings. The number of halogens is 2. The third-order valence-corrected chi connectivity index (χ3v) is 4.58. The van der Waals surface area contributed by atoms with E-state index in [0.717, 1.165) is 32.4 Å². The molecule has 2 rings (SSSR count).